The lowest BCUT2D eigenvalue weighted by molar-refractivity contribution is 0.312. The smallest absolute Gasteiger partial charge is 0.270 e. The van der Waals surface area contributed by atoms with Crippen LogP contribution in [0.1, 0.15) is 12.5 Å². The first-order valence-corrected chi connectivity index (χ1v) is 11.3. The first-order valence-electron chi connectivity index (χ1n) is 11.3. The first-order chi connectivity index (χ1) is 16.0. The fourth-order valence-electron chi connectivity index (χ4n) is 4.63. The van der Waals surface area contributed by atoms with Crippen LogP contribution in [0.3, 0.4) is 0 Å². The number of likely N-dealkylation sites (tertiary alicyclic amines) is 1. The molecule has 2 aliphatic heterocycles. The molecule has 1 N–H and O–H groups in total. The van der Waals surface area contributed by atoms with Crippen molar-refractivity contribution in [2.45, 2.75) is 12.5 Å². The quantitative estimate of drug-likeness (QED) is 0.622. The summed E-state index contributed by atoms with van der Waals surface area (Å²) in [5, 5.41) is 3.27. The molecule has 2 aliphatic rings. The number of rotatable bonds is 5. The Morgan fingerprint density at radius 3 is 2.58 bits per heavy atom. The number of benzene rings is 1. The van der Waals surface area contributed by atoms with Crippen LogP contribution in [0.4, 0.5) is 17.3 Å². The van der Waals surface area contributed by atoms with Gasteiger partial charge in [-0.25, -0.2) is 9.97 Å². The predicted octanol–water partition coefficient (Wildman–Crippen LogP) is 1.57. The van der Waals surface area contributed by atoms with E-state index in [4.69, 9.17) is 4.74 Å². The Labute approximate surface area is 192 Å². The van der Waals surface area contributed by atoms with E-state index in [0.717, 1.165) is 62.8 Å². The largest absolute Gasteiger partial charge is 0.494 e. The molecule has 2 fully saturated rings. The highest BCUT2D eigenvalue weighted by atomic mass is 16.5. The second kappa shape index (κ2) is 8.95. The van der Waals surface area contributed by atoms with Crippen molar-refractivity contribution in [3.8, 4) is 5.75 Å². The van der Waals surface area contributed by atoms with Gasteiger partial charge in [0.2, 0.25) is 5.95 Å². The van der Waals surface area contributed by atoms with E-state index in [-0.39, 0.29) is 11.6 Å². The molecule has 10 heteroatoms. The maximum Gasteiger partial charge on any atom is 0.270 e. The zero-order chi connectivity index (χ0) is 22.9. The zero-order valence-corrected chi connectivity index (χ0v) is 19.4. The molecule has 2 aromatic heterocycles. The average molecular weight is 451 g/mol. The van der Waals surface area contributed by atoms with Crippen molar-refractivity contribution in [1.82, 2.24) is 29.3 Å². The van der Waals surface area contributed by atoms with Crippen molar-refractivity contribution in [2.75, 3.05) is 70.7 Å². The topological polar surface area (TPSA) is 91.7 Å². The van der Waals surface area contributed by atoms with Crippen LogP contribution in [-0.4, -0.2) is 89.8 Å². The third-order valence-electron chi connectivity index (χ3n) is 6.56. The standard InChI is InChI=1S/C23H30N8O2/c1-28-8-10-30(11-9-28)16-4-5-18(20(12-16)33-3)26-23-25-13-19-22(27-23)31(21(32)14-24-19)17-6-7-29(2)15-17/h4-5,12-14,17H,6-11,15H2,1-3H3,(H,25,26,27). The van der Waals surface area contributed by atoms with Gasteiger partial charge in [-0.2, -0.15) is 4.98 Å². The average Bonchev–Trinajstić information content (AvgIpc) is 3.25. The van der Waals surface area contributed by atoms with Crippen molar-refractivity contribution in [3.63, 3.8) is 0 Å². The second-order valence-electron chi connectivity index (χ2n) is 8.87. The fourth-order valence-corrected chi connectivity index (χ4v) is 4.63. The summed E-state index contributed by atoms with van der Waals surface area (Å²) in [6, 6.07) is 6.19. The third-order valence-corrected chi connectivity index (χ3v) is 6.56. The number of methoxy groups -OCH3 is 1. The van der Waals surface area contributed by atoms with E-state index in [2.05, 4.69) is 55.1 Å². The number of anilines is 3. The molecule has 1 unspecified atom stereocenters. The predicted molar refractivity (Wildman–Crippen MR) is 129 cm³/mol. The van der Waals surface area contributed by atoms with E-state index in [1.54, 1.807) is 17.9 Å². The van der Waals surface area contributed by atoms with Gasteiger partial charge < -0.3 is 24.8 Å². The van der Waals surface area contributed by atoms with Crippen molar-refractivity contribution < 1.29 is 4.74 Å². The van der Waals surface area contributed by atoms with Crippen molar-refractivity contribution >= 4 is 28.5 Å². The van der Waals surface area contributed by atoms with Gasteiger partial charge in [-0.05, 0) is 39.2 Å². The summed E-state index contributed by atoms with van der Waals surface area (Å²) >= 11 is 0. The van der Waals surface area contributed by atoms with E-state index in [0.29, 0.717) is 17.1 Å². The molecule has 33 heavy (non-hydrogen) atoms. The SMILES string of the molecule is COc1cc(N2CCN(C)CC2)ccc1Nc1ncc2ncc(=O)n(C3CCN(C)C3)c2n1. The molecule has 0 saturated carbocycles. The van der Waals surface area contributed by atoms with E-state index in [1.165, 1.54) is 6.20 Å². The van der Waals surface area contributed by atoms with Crippen LogP contribution in [0.2, 0.25) is 0 Å². The van der Waals surface area contributed by atoms with Crippen molar-refractivity contribution in [3.05, 3.63) is 40.9 Å². The minimum absolute atomic E-state index is 0.0770. The fraction of sp³-hybridized carbons (Fsp3) is 0.478. The lowest BCUT2D eigenvalue weighted by atomic mass is 10.2. The molecular formula is C23H30N8O2. The van der Waals surface area contributed by atoms with E-state index in [1.807, 2.05) is 12.1 Å². The molecule has 3 aromatic rings. The Hall–Kier alpha value is -3.24. The molecule has 2 saturated heterocycles. The summed E-state index contributed by atoms with van der Waals surface area (Å²) in [5.74, 6) is 1.12. The van der Waals surface area contributed by atoms with Gasteiger partial charge in [-0.3, -0.25) is 9.36 Å². The van der Waals surface area contributed by atoms with Crippen LogP contribution in [-0.2, 0) is 0 Å². The summed E-state index contributed by atoms with van der Waals surface area (Å²) in [6.07, 6.45) is 3.92. The van der Waals surface area contributed by atoms with Crippen molar-refractivity contribution in [2.24, 2.45) is 0 Å². The normalized spacial score (nSPS) is 19.8. The van der Waals surface area contributed by atoms with Gasteiger partial charge >= 0.3 is 0 Å². The number of nitrogens with zero attached hydrogens (tertiary/aromatic N) is 7. The maximum atomic E-state index is 12.7. The van der Waals surface area contributed by atoms with Crippen LogP contribution < -0.4 is 20.5 Å². The van der Waals surface area contributed by atoms with Gasteiger partial charge in [0, 0.05) is 44.5 Å². The number of hydrogen-bond donors (Lipinski definition) is 1. The minimum Gasteiger partial charge on any atom is -0.494 e. The molecular weight excluding hydrogens is 420 g/mol. The van der Waals surface area contributed by atoms with Crippen LogP contribution in [0.5, 0.6) is 5.75 Å². The third kappa shape index (κ3) is 4.36. The van der Waals surface area contributed by atoms with Gasteiger partial charge in [0.15, 0.2) is 5.65 Å². The number of ether oxygens (including phenoxy) is 1. The van der Waals surface area contributed by atoms with Crippen LogP contribution in [0.15, 0.2) is 35.4 Å². The Balaban J connectivity index is 1.44. The molecule has 0 radical (unpaired) electrons. The Morgan fingerprint density at radius 1 is 1.03 bits per heavy atom. The van der Waals surface area contributed by atoms with Gasteiger partial charge in [0.05, 0.1) is 31.2 Å². The monoisotopic (exact) mass is 450 g/mol. The molecule has 0 bridgehead atoms. The van der Waals surface area contributed by atoms with Crippen LogP contribution >= 0.6 is 0 Å². The van der Waals surface area contributed by atoms with Crippen LogP contribution in [0, 0.1) is 0 Å². The lowest BCUT2D eigenvalue weighted by Gasteiger charge is -2.34. The molecule has 0 amide bonds. The highest BCUT2D eigenvalue weighted by Crippen LogP contribution is 2.32. The van der Waals surface area contributed by atoms with Gasteiger partial charge in [-0.15, -0.1) is 0 Å². The molecule has 10 nitrogen and oxygen atoms in total. The number of hydrogen-bond acceptors (Lipinski definition) is 9. The Bertz CT molecular complexity index is 1200. The molecule has 174 valence electrons. The minimum atomic E-state index is -0.137. The first kappa shape index (κ1) is 21.6. The molecule has 0 aliphatic carbocycles. The summed E-state index contributed by atoms with van der Waals surface area (Å²) in [4.78, 5) is 33.0. The molecule has 5 rings (SSSR count). The van der Waals surface area contributed by atoms with Gasteiger partial charge in [0.1, 0.15) is 11.3 Å². The maximum absolute atomic E-state index is 12.7. The number of aromatic nitrogens is 4. The van der Waals surface area contributed by atoms with E-state index < -0.39 is 0 Å². The number of nitrogens with one attached hydrogen (secondary N) is 1. The highest BCUT2D eigenvalue weighted by molar-refractivity contribution is 5.73. The Kier molecular flexibility index (Phi) is 5.86. The molecule has 1 atom stereocenters. The summed E-state index contributed by atoms with van der Waals surface area (Å²) in [6.45, 7) is 5.82. The van der Waals surface area contributed by atoms with E-state index >= 15 is 0 Å². The molecule has 4 heterocycles. The molecule has 1 aromatic carbocycles. The van der Waals surface area contributed by atoms with Crippen LogP contribution in [0.25, 0.3) is 11.2 Å². The lowest BCUT2D eigenvalue weighted by Crippen LogP contribution is -2.44. The summed E-state index contributed by atoms with van der Waals surface area (Å²) < 4.78 is 7.42. The summed E-state index contributed by atoms with van der Waals surface area (Å²) in [7, 11) is 5.87. The Morgan fingerprint density at radius 2 is 1.85 bits per heavy atom. The van der Waals surface area contributed by atoms with Crippen molar-refractivity contribution in [1.29, 1.82) is 0 Å². The summed E-state index contributed by atoms with van der Waals surface area (Å²) in [5.41, 5.74) is 2.92. The number of piperazine rings is 1. The van der Waals surface area contributed by atoms with E-state index in [9.17, 15) is 4.79 Å². The van der Waals surface area contributed by atoms with Gasteiger partial charge in [-0.1, -0.05) is 0 Å². The zero-order valence-electron chi connectivity index (χ0n) is 19.4. The second-order valence-corrected chi connectivity index (χ2v) is 8.87. The van der Waals surface area contributed by atoms with Gasteiger partial charge in [0.25, 0.3) is 5.56 Å². The highest BCUT2D eigenvalue weighted by Gasteiger charge is 2.24. The number of likely N-dealkylation sites (N-methyl/N-ethyl adjacent to an activating group) is 2. The number of fused-ring (bicyclic) bond motifs is 1. The molecule has 0 spiro atoms.